The molecule has 0 aliphatic rings. The van der Waals surface area contributed by atoms with E-state index in [-0.39, 0.29) is 13.2 Å². The summed E-state index contributed by atoms with van der Waals surface area (Å²) < 4.78 is 18.3. The van der Waals surface area contributed by atoms with Gasteiger partial charge in [0.2, 0.25) is 0 Å². The number of para-hydroxylation sites is 1. The molecule has 10 nitrogen and oxygen atoms in total. The van der Waals surface area contributed by atoms with Crippen molar-refractivity contribution in [2.75, 3.05) is 13.2 Å². The maximum atomic E-state index is 12.2. The van der Waals surface area contributed by atoms with Crippen LogP contribution < -0.4 is 14.8 Å². The molecule has 0 spiro atoms. The Kier molecular flexibility index (Phi) is 7.80. The van der Waals surface area contributed by atoms with E-state index in [2.05, 4.69) is 15.4 Å². The number of benzene rings is 2. The summed E-state index contributed by atoms with van der Waals surface area (Å²) in [5.41, 5.74) is 2.09. The van der Waals surface area contributed by atoms with E-state index in [9.17, 15) is 14.7 Å². The van der Waals surface area contributed by atoms with E-state index in [0.717, 1.165) is 21.2 Å². The Balaban J connectivity index is 1.53. The average Bonchev–Trinajstić information content (AvgIpc) is 3.21. The summed E-state index contributed by atoms with van der Waals surface area (Å²) in [6, 6.07) is 16.5. The highest BCUT2D eigenvalue weighted by atomic mass is 16.6. The lowest BCUT2D eigenvalue weighted by molar-refractivity contribution is 0.0482. The quantitative estimate of drug-likeness (QED) is 0.323. The molecular weight excluding hydrogens is 488 g/mol. The predicted molar refractivity (Wildman–Crippen MR) is 142 cm³/mol. The van der Waals surface area contributed by atoms with Gasteiger partial charge >= 0.3 is 12.2 Å². The first kappa shape index (κ1) is 26.5. The lowest BCUT2D eigenvalue weighted by Gasteiger charge is -2.23. The van der Waals surface area contributed by atoms with Crippen LogP contribution >= 0.6 is 0 Å². The van der Waals surface area contributed by atoms with Crippen LogP contribution in [-0.2, 0) is 4.74 Å². The van der Waals surface area contributed by atoms with Gasteiger partial charge in [0, 0.05) is 17.1 Å². The second kappa shape index (κ2) is 11.2. The Labute approximate surface area is 220 Å². The molecule has 0 saturated heterocycles. The number of hydrogen-bond acceptors (Lipinski definition) is 7. The highest BCUT2D eigenvalue weighted by molar-refractivity contribution is 5.92. The number of carbonyl (C=O) groups is 2. The van der Waals surface area contributed by atoms with Crippen molar-refractivity contribution in [3.05, 3.63) is 72.7 Å². The van der Waals surface area contributed by atoms with Crippen molar-refractivity contribution in [2.24, 2.45) is 0 Å². The van der Waals surface area contributed by atoms with Gasteiger partial charge in [0.25, 0.3) is 0 Å². The molecule has 0 fully saturated rings. The Morgan fingerprint density at radius 1 is 1.03 bits per heavy atom. The number of nitrogens with zero attached hydrogens (tertiary/aromatic N) is 3. The van der Waals surface area contributed by atoms with Gasteiger partial charge in [0.1, 0.15) is 29.8 Å². The first-order valence-electron chi connectivity index (χ1n) is 12.1. The molecule has 10 heteroatoms. The van der Waals surface area contributed by atoms with Crippen LogP contribution in [0.25, 0.3) is 22.0 Å². The topological polar surface area (TPSA) is 125 Å². The SMILES string of the molecule is Cc1nn(C(=O)O)c2ccc(-c3cncc(OC(CNC(=O)OC(C)(C)C)COc4ccccc4)c3)cc12. The van der Waals surface area contributed by atoms with Crippen LogP contribution in [0.15, 0.2) is 67.0 Å². The number of rotatable bonds is 8. The number of ether oxygens (including phenoxy) is 3. The van der Waals surface area contributed by atoms with Gasteiger partial charge < -0.3 is 24.6 Å². The van der Waals surface area contributed by atoms with Crippen molar-refractivity contribution in [3.8, 4) is 22.6 Å². The van der Waals surface area contributed by atoms with Crippen LogP contribution in [0, 0.1) is 6.92 Å². The molecule has 0 radical (unpaired) electrons. The van der Waals surface area contributed by atoms with Gasteiger partial charge in [-0.05, 0) is 63.6 Å². The fourth-order valence-electron chi connectivity index (χ4n) is 3.78. The zero-order valence-corrected chi connectivity index (χ0v) is 21.7. The van der Waals surface area contributed by atoms with Crippen molar-refractivity contribution < 1.29 is 28.9 Å². The second-order valence-electron chi connectivity index (χ2n) is 9.67. The fraction of sp³-hybridized carbons (Fsp3) is 0.286. The number of aromatic nitrogens is 3. The molecule has 4 aromatic rings. The molecule has 2 aromatic carbocycles. The molecule has 0 aliphatic carbocycles. The van der Waals surface area contributed by atoms with E-state index < -0.39 is 23.9 Å². The first-order chi connectivity index (χ1) is 18.1. The van der Waals surface area contributed by atoms with Crippen molar-refractivity contribution in [3.63, 3.8) is 0 Å². The van der Waals surface area contributed by atoms with Crippen molar-refractivity contribution in [2.45, 2.75) is 39.4 Å². The van der Waals surface area contributed by atoms with Crippen LogP contribution in [0.4, 0.5) is 9.59 Å². The standard InChI is InChI=1S/C28H30N4O6/c1-18-24-13-19(10-11-25(24)32(31-18)27(34)35)20-12-22(15-29-14-20)37-23(16-30-26(33)38-28(2,3)4)17-36-21-8-6-5-7-9-21/h5-15,23H,16-17H2,1-4H3,(H,30,33)(H,34,35). The molecule has 2 aromatic heterocycles. The van der Waals surface area contributed by atoms with Crippen LogP contribution in [-0.4, -0.2) is 56.9 Å². The minimum atomic E-state index is -1.14. The smallest absolute Gasteiger partial charge is 0.432 e. The lowest BCUT2D eigenvalue weighted by atomic mass is 10.0. The highest BCUT2D eigenvalue weighted by Gasteiger charge is 2.20. The molecule has 1 atom stereocenters. The number of aryl methyl sites for hydroxylation is 1. The molecular formula is C28H30N4O6. The van der Waals surface area contributed by atoms with Gasteiger partial charge in [-0.25, -0.2) is 9.59 Å². The third-order valence-electron chi connectivity index (χ3n) is 5.45. The van der Waals surface area contributed by atoms with Gasteiger partial charge in [-0.3, -0.25) is 4.98 Å². The van der Waals surface area contributed by atoms with Gasteiger partial charge in [-0.2, -0.15) is 9.78 Å². The number of hydrogen-bond donors (Lipinski definition) is 2. The first-order valence-corrected chi connectivity index (χ1v) is 12.1. The maximum absolute atomic E-state index is 12.2. The van der Waals surface area contributed by atoms with Crippen LogP contribution in [0.1, 0.15) is 26.5 Å². The number of carboxylic acid groups (broad SMARTS) is 1. The van der Waals surface area contributed by atoms with Gasteiger partial charge in [0.15, 0.2) is 0 Å². The predicted octanol–water partition coefficient (Wildman–Crippen LogP) is 5.28. The number of carbonyl (C=O) groups excluding carboxylic acids is 1. The minimum Gasteiger partial charge on any atom is -0.490 e. The number of alkyl carbamates (subject to hydrolysis) is 1. The van der Waals surface area contributed by atoms with Crippen molar-refractivity contribution >= 4 is 23.1 Å². The van der Waals surface area contributed by atoms with Crippen LogP contribution in [0.3, 0.4) is 0 Å². The molecule has 1 unspecified atom stereocenters. The Bertz CT molecular complexity index is 1430. The third-order valence-corrected chi connectivity index (χ3v) is 5.45. The Morgan fingerprint density at radius 3 is 2.50 bits per heavy atom. The molecule has 0 bridgehead atoms. The van der Waals surface area contributed by atoms with Crippen molar-refractivity contribution in [1.29, 1.82) is 0 Å². The molecule has 0 saturated carbocycles. The highest BCUT2D eigenvalue weighted by Crippen LogP contribution is 2.28. The van der Waals surface area contributed by atoms with E-state index >= 15 is 0 Å². The van der Waals surface area contributed by atoms with Gasteiger partial charge in [-0.15, -0.1) is 0 Å². The zero-order chi connectivity index (χ0) is 27.3. The van der Waals surface area contributed by atoms with Gasteiger partial charge in [-0.1, -0.05) is 24.3 Å². The minimum absolute atomic E-state index is 0.144. The van der Waals surface area contributed by atoms with Gasteiger partial charge in [0.05, 0.1) is 24.0 Å². The van der Waals surface area contributed by atoms with E-state index in [0.29, 0.717) is 22.7 Å². The fourth-order valence-corrected chi connectivity index (χ4v) is 3.78. The molecule has 2 N–H and O–H groups in total. The summed E-state index contributed by atoms with van der Waals surface area (Å²) in [6.07, 6.45) is 1.04. The monoisotopic (exact) mass is 518 g/mol. The molecule has 1 amide bonds. The molecule has 4 rings (SSSR count). The number of pyridine rings is 1. The molecule has 0 aliphatic heterocycles. The van der Waals surface area contributed by atoms with E-state index in [4.69, 9.17) is 14.2 Å². The summed E-state index contributed by atoms with van der Waals surface area (Å²) >= 11 is 0. The molecule has 2 heterocycles. The summed E-state index contributed by atoms with van der Waals surface area (Å²) in [6.45, 7) is 7.46. The lowest BCUT2D eigenvalue weighted by Crippen LogP contribution is -2.41. The molecule has 38 heavy (non-hydrogen) atoms. The summed E-state index contributed by atoms with van der Waals surface area (Å²) in [4.78, 5) is 28.0. The zero-order valence-electron chi connectivity index (χ0n) is 21.7. The maximum Gasteiger partial charge on any atom is 0.432 e. The van der Waals surface area contributed by atoms with Crippen molar-refractivity contribution in [1.82, 2.24) is 20.1 Å². The average molecular weight is 519 g/mol. The second-order valence-corrected chi connectivity index (χ2v) is 9.67. The van der Waals surface area contributed by atoms with E-state index in [1.807, 2.05) is 48.5 Å². The summed E-state index contributed by atoms with van der Waals surface area (Å²) in [5.74, 6) is 1.16. The number of amides is 1. The van der Waals surface area contributed by atoms with E-state index in [1.54, 1.807) is 46.2 Å². The largest absolute Gasteiger partial charge is 0.490 e. The summed E-state index contributed by atoms with van der Waals surface area (Å²) in [5, 5.41) is 16.9. The van der Waals surface area contributed by atoms with Crippen LogP contribution in [0.5, 0.6) is 11.5 Å². The normalized spacial score (nSPS) is 12.1. The number of fused-ring (bicyclic) bond motifs is 1. The third kappa shape index (κ3) is 6.78. The van der Waals surface area contributed by atoms with E-state index in [1.165, 1.54) is 0 Å². The Hall–Kier alpha value is -4.60. The van der Waals surface area contributed by atoms with Crippen LogP contribution in [0.2, 0.25) is 0 Å². The Morgan fingerprint density at radius 2 is 1.79 bits per heavy atom. The number of nitrogens with one attached hydrogen (secondary N) is 1. The molecule has 198 valence electrons. The summed E-state index contributed by atoms with van der Waals surface area (Å²) in [7, 11) is 0.